The molecule has 8 nitrogen and oxygen atoms in total. The maximum atomic E-state index is 12.1. The summed E-state index contributed by atoms with van der Waals surface area (Å²) in [6.07, 6.45) is 2.74. The van der Waals surface area contributed by atoms with E-state index in [2.05, 4.69) is 20.5 Å². The molecule has 3 rings (SSSR count). The molecule has 0 aliphatic heterocycles. The first-order valence-electron chi connectivity index (χ1n) is 6.09. The number of carbonyl (C=O) groups excluding carboxylic acids is 1. The number of aromatic amines is 2. The summed E-state index contributed by atoms with van der Waals surface area (Å²) in [6, 6.07) is 5.18. The van der Waals surface area contributed by atoms with Crippen LogP contribution in [0.25, 0.3) is 10.9 Å². The Balaban J connectivity index is 1.94. The van der Waals surface area contributed by atoms with Crippen LogP contribution in [0.3, 0.4) is 0 Å². The van der Waals surface area contributed by atoms with Crippen LogP contribution in [0, 0.1) is 0 Å². The molecule has 0 aliphatic carbocycles. The standard InChI is InChI=1S/C13H11N5O3/c1-18-12(20)9(6-14-13(18)21)11(19)16-8-2-3-10-7(4-8)5-15-17-10/h2-6H,1H3,(H,14,21)(H,15,17)(H,16,19). The van der Waals surface area contributed by atoms with Crippen molar-refractivity contribution in [2.24, 2.45) is 7.05 Å². The van der Waals surface area contributed by atoms with Gasteiger partial charge < -0.3 is 10.3 Å². The minimum Gasteiger partial charge on any atom is -0.322 e. The van der Waals surface area contributed by atoms with Crippen molar-refractivity contribution in [2.45, 2.75) is 0 Å². The highest BCUT2D eigenvalue weighted by molar-refractivity contribution is 6.04. The molecule has 1 aromatic carbocycles. The minimum atomic E-state index is -0.652. The predicted molar refractivity (Wildman–Crippen MR) is 76.4 cm³/mol. The maximum Gasteiger partial charge on any atom is 0.328 e. The quantitative estimate of drug-likeness (QED) is 0.624. The van der Waals surface area contributed by atoms with Crippen LogP contribution in [-0.2, 0) is 7.05 Å². The zero-order chi connectivity index (χ0) is 15.0. The lowest BCUT2D eigenvalue weighted by Crippen LogP contribution is -2.37. The second kappa shape index (κ2) is 4.75. The van der Waals surface area contributed by atoms with Crippen LogP contribution in [0.4, 0.5) is 5.69 Å². The largest absolute Gasteiger partial charge is 0.328 e. The number of rotatable bonds is 2. The van der Waals surface area contributed by atoms with Gasteiger partial charge in [-0.25, -0.2) is 4.79 Å². The fourth-order valence-electron chi connectivity index (χ4n) is 1.95. The van der Waals surface area contributed by atoms with E-state index in [4.69, 9.17) is 0 Å². The smallest absolute Gasteiger partial charge is 0.322 e. The van der Waals surface area contributed by atoms with E-state index in [9.17, 15) is 14.4 Å². The van der Waals surface area contributed by atoms with E-state index in [1.54, 1.807) is 24.4 Å². The van der Waals surface area contributed by atoms with Gasteiger partial charge in [0.1, 0.15) is 5.56 Å². The minimum absolute atomic E-state index is 0.135. The van der Waals surface area contributed by atoms with Gasteiger partial charge in [0.05, 0.1) is 11.7 Å². The fourth-order valence-corrected chi connectivity index (χ4v) is 1.95. The summed E-state index contributed by atoms with van der Waals surface area (Å²) in [5, 5.41) is 10.1. The average Bonchev–Trinajstić information content (AvgIpc) is 2.92. The molecule has 3 aromatic rings. The molecule has 0 spiro atoms. The molecule has 0 saturated heterocycles. The van der Waals surface area contributed by atoms with Crippen molar-refractivity contribution in [2.75, 3.05) is 5.32 Å². The number of benzene rings is 1. The number of amides is 1. The first-order chi connectivity index (χ1) is 10.1. The number of hydrogen-bond acceptors (Lipinski definition) is 4. The number of anilines is 1. The Labute approximate surface area is 117 Å². The van der Waals surface area contributed by atoms with E-state index in [-0.39, 0.29) is 5.56 Å². The number of nitrogens with one attached hydrogen (secondary N) is 3. The van der Waals surface area contributed by atoms with Gasteiger partial charge >= 0.3 is 5.69 Å². The number of fused-ring (bicyclic) bond motifs is 1. The van der Waals surface area contributed by atoms with Crippen LogP contribution >= 0.6 is 0 Å². The third kappa shape index (κ3) is 2.22. The molecular formula is C13H11N5O3. The molecule has 21 heavy (non-hydrogen) atoms. The second-order valence-corrected chi connectivity index (χ2v) is 4.50. The number of aromatic nitrogens is 4. The third-order valence-corrected chi connectivity index (χ3v) is 3.12. The van der Waals surface area contributed by atoms with Crippen molar-refractivity contribution in [3.8, 4) is 0 Å². The Morgan fingerprint density at radius 3 is 2.95 bits per heavy atom. The maximum absolute atomic E-state index is 12.1. The van der Waals surface area contributed by atoms with Crippen molar-refractivity contribution in [3.05, 3.63) is 57.0 Å². The molecule has 2 aromatic heterocycles. The van der Waals surface area contributed by atoms with Gasteiger partial charge in [0.2, 0.25) is 0 Å². The SMILES string of the molecule is Cn1c(=O)[nH]cc(C(=O)Nc2ccc3[nH]ncc3c2)c1=O. The van der Waals surface area contributed by atoms with Gasteiger partial charge in [-0.15, -0.1) is 0 Å². The Morgan fingerprint density at radius 2 is 2.14 bits per heavy atom. The molecule has 0 atom stereocenters. The summed E-state index contributed by atoms with van der Waals surface area (Å²) in [6.45, 7) is 0. The molecule has 8 heteroatoms. The van der Waals surface area contributed by atoms with E-state index in [1.807, 2.05) is 0 Å². The molecule has 0 aliphatic rings. The summed E-state index contributed by atoms with van der Waals surface area (Å²) < 4.78 is 0.841. The monoisotopic (exact) mass is 285 g/mol. The molecule has 1 amide bonds. The Kier molecular flexibility index (Phi) is 2.90. The first-order valence-corrected chi connectivity index (χ1v) is 6.09. The van der Waals surface area contributed by atoms with E-state index >= 15 is 0 Å². The molecule has 106 valence electrons. The van der Waals surface area contributed by atoms with E-state index in [1.165, 1.54) is 7.05 Å². The molecular weight excluding hydrogens is 274 g/mol. The van der Waals surface area contributed by atoms with Crippen LogP contribution in [0.15, 0.2) is 40.2 Å². The van der Waals surface area contributed by atoms with Gasteiger partial charge in [0.25, 0.3) is 11.5 Å². The van der Waals surface area contributed by atoms with Crippen LogP contribution in [-0.4, -0.2) is 25.7 Å². The number of nitrogens with zero attached hydrogens (tertiary/aromatic N) is 2. The molecule has 3 N–H and O–H groups in total. The van der Waals surface area contributed by atoms with Gasteiger partial charge in [-0.3, -0.25) is 19.3 Å². The summed E-state index contributed by atoms with van der Waals surface area (Å²) in [5.74, 6) is -0.588. The van der Waals surface area contributed by atoms with Gasteiger partial charge in [-0.2, -0.15) is 5.10 Å². The Bertz CT molecular complexity index is 950. The highest BCUT2D eigenvalue weighted by Gasteiger charge is 2.13. The number of hydrogen-bond donors (Lipinski definition) is 3. The van der Waals surface area contributed by atoms with Crippen LogP contribution in [0.5, 0.6) is 0 Å². The van der Waals surface area contributed by atoms with E-state index in [0.29, 0.717) is 5.69 Å². The van der Waals surface area contributed by atoms with E-state index in [0.717, 1.165) is 21.7 Å². The first kappa shape index (κ1) is 12.9. The van der Waals surface area contributed by atoms with Crippen molar-refractivity contribution in [1.29, 1.82) is 0 Å². The lowest BCUT2D eigenvalue weighted by atomic mass is 10.2. The molecule has 0 fully saturated rings. The molecule has 0 radical (unpaired) electrons. The number of carbonyl (C=O) groups is 1. The second-order valence-electron chi connectivity index (χ2n) is 4.50. The normalized spacial score (nSPS) is 10.7. The van der Waals surface area contributed by atoms with Crippen molar-refractivity contribution in [1.82, 2.24) is 19.7 Å². The van der Waals surface area contributed by atoms with Gasteiger partial charge in [-0.1, -0.05) is 0 Å². The third-order valence-electron chi connectivity index (χ3n) is 3.12. The van der Waals surface area contributed by atoms with Gasteiger partial charge in [0, 0.05) is 24.3 Å². The summed E-state index contributed by atoms with van der Waals surface area (Å²) in [5.41, 5.74) is 0.0107. The van der Waals surface area contributed by atoms with E-state index < -0.39 is 17.2 Å². The summed E-state index contributed by atoms with van der Waals surface area (Å²) in [4.78, 5) is 37.6. The average molecular weight is 285 g/mol. The molecule has 0 unspecified atom stereocenters. The van der Waals surface area contributed by atoms with Crippen molar-refractivity contribution in [3.63, 3.8) is 0 Å². The van der Waals surface area contributed by atoms with Crippen molar-refractivity contribution >= 4 is 22.5 Å². The molecule has 0 bridgehead atoms. The fraction of sp³-hybridized carbons (Fsp3) is 0.0769. The van der Waals surface area contributed by atoms with Gasteiger partial charge in [-0.05, 0) is 18.2 Å². The van der Waals surface area contributed by atoms with Crippen LogP contribution < -0.4 is 16.6 Å². The summed E-state index contributed by atoms with van der Waals surface area (Å²) >= 11 is 0. The van der Waals surface area contributed by atoms with Crippen molar-refractivity contribution < 1.29 is 4.79 Å². The molecule has 2 heterocycles. The zero-order valence-electron chi connectivity index (χ0n) is 11.0. The highest BCUT2D eigenvalue weighted by atomic mass is 16.2. The van der Waals surface area contributed by atoms with Crippen LogP contribution in [0.1, 0.15) is 10.4 Å². The Morgan fingerprint density at radius 1 is 1.33 bits per heavy atom. The lowest BCUT2D eigenvalue weighted by Gasteiger charge is -2.05. The highest BCUT2D eigenvalue weighted by Crippen LogP contribution is 2.16. The predicted octanol–water partition coefficient (Wildman–Crippen LogP) is 0.202. The number of H-pyrrole nitrogens is 2. The van der Waals surface area contributed by atoms with Crippen LogP contribution in [0.2, 0.25) is 0 Å². The van der Waals surface area contributed by atoms with Gasteiger partial charge in [0.15, 0.2) is 0 Å². The summed E-state index contributed by atoms with van der Waals surface area (Å²) in [7, 11) is 1.30. The molecule has 0 saturated carbocycles. The topological polar surface area (TPSA) is 113 Å². The Hall–Kier alpha value is -3.16. The zero-order valence-corrected chi connectivity index (χ0v) is 11.0. The lowest BCUT2D eigenvalue weighted by molar-refractivity contribution is 0.102.